The molecule has 0 radical (unpaired) electrons. The minimum Gasteiger partial charge on any atom is -0.465 e. The van der Waals surface area contributed by atoms with E-state index in [9.17, 15) is 14.4 Å². The monoisotopic (exact) mass is 488 g/mol. The summed E-state index contributed by atoms with van der Waals surface area (Å²) in [4.78, 5) is 36.8. The second-order valence-corrected chi connectivity index (χ2v) is 6.97. The van der Waals surface area contributed by atoms with E-state index in [2.05, 4.69) is 22.6 Å². The lowest BCUT2D eigenvalue weighted by molar-refractivity contribution is -0.164. The fourth-order valence-corrected chi connectivity index (χ4v) is 3.68. The quantitative estimate of drug-likeness (QED) is 0.174. The molecule has 0 saturated carbocycles. The third kappa shape index (κ3) is 6.05. The van der Waals surface area contributed by atoms with E-state index in [1.807, 2.05) is 19.1 Å². The molecule has 0 N–H and O–H groups in total. The van der Waals surface area contributed by atoms with Gasteiger partial charge in [0.1, 0.15) is 6.61 Å². The Hall–Kier alpha value is -1.90. The van der Waals surface area contributed by atoms with Crippen LogP contribution in [0, 0.1) is 10.5 Å². The highest BCUT2D eigenvalue weighted by molar-refractivity contribution is 14.1. The summed E-state index contributed by atoms with van der Waals surface area (Å²) in [7, 11) is 0. The molecule has 1 aromatic carbocycles. The minimum atomic E-state index is -1.62. The molecule has 0 saturated heterocycles. The Morgan fingerprint density at radius 1 is 1.04 bits per heavy atom. The van der Waals surface area contributed by atoms with Crippen molar-refractivity contribution in [3.8, 4) is 0 Å². The maximum atomic E-state index is 12.9. The van der Waals surface area contributed by atoms with Crippen LogP contribution < -0.4 is 0 Å². The van der Waals surface area contributed by atoms with Crippen molar-refractivity contribution in [2.75, 3.05) is 19.8 Å². The van der Waals surface area contributed by atoms with Gasteiger partial charge in [0.25, 0.3) is 0 Å². The Labute approximate surface area is 173 Å². The number of halogens is 1. The van der Waals surface area contributed by atoms with Gasteiger partial charge >= 0.3 is 17.9 Å². The van der Waals surface area contributed by atoms with Gasteiger partial charge in [-0.05, 0) is 61.4 Å². The summed E-state index contributed by atoms with van der Waals surface area (Å²) in [5, 5.41) is 0. The molecule has 0 heterocycles. The van der Waals surface area contributed by atoms with Gasteiger partial charge in [-0.15, -0.1) is 0 Å². The average Bonchev–Trinajstić information content (AvgIpc) is 2.59. The molecule has 0 bridgehead atoms. The Morgan fingerprint density at radius 2 is 1.63 bits per heavy atom. The fraction of sp³-hybridized carbons (Fsp3) is 0.450. The summed E-state index contributed by atoms with van der Waals surface area (Å²) in [6.07, 6.45) is 3.26. The highest BCUT2D eigenvalue weighted by Crippen LogP contribution is 2.36. The lowest BCUT2D eigenvalue weighted by Crippen LogP contribution is -2.46. The largest absolute Gasteiger partial charge is 0.465 e. The number of ether oxygens (including phenoxy) is 3. The van der Waals surface area contributed by atoms with Gasteiger partial charge in [-0.1, -0.05) is 29.8 Å². The second-order valence-electron chi connectivity index (χ2n) is 5.81. The summed E-state index contributed by atoms with van der Waals surface area (Å²) in [5.41, 5.74) is -0.0823. The fourth-order valence-electron chi connectivity index (χ4n) is 2.55. The standard InChI is InChI=1S/C20H25IO6/c1-5-25-18(23)20(19(24)26-6-2,11-7-8-12-27-15(4)22)16-10-9-14(3)13-17(16)21/h7-10,13H,5-6,11-12H2,1-4H3/b8-7-. The highest BCUT2D eigenvalue weighted by Gasteiger charge is 2.50. The van der Waals surface area contributed by atoms with Crippen molar-refractivity contribution in [1.82, 2.24) is 0 Å². The first-order chi connectivity index (χ1) is 12.8. The Bertz CT molecular complexity index is 692. The van der Waals surface area contributed by atoms with E-state index in [1.165, 1.54) is 6.92 Å². The van der Waals surface area contributed by atoms with Crippen molar-refractivity contribution in [1.29, 1.82) is 0 Å². The molecule has 0 amide bonds. The first kappa shape index (κ1) is 23.1. The van der Waals surface area contributed by atoms with E-state index in [0.717, 1.165) is 9.13 Å². The average molecular weight is 488 g/mol. The number of rotatable bonds is 9. The summed E-state index contributed by atoms with van der Waals surface area (Å²) in [6.45, 7) is 6.95. The number of hydrogen-bond donors (Lipinski definition) is 0. The summed E-state index contributed by atoms with van der Waals surface area (Å²) >= 11 is 2.10. The van der Waals surface area contributed by atoms with Crippen molar-refractivity contribution in [3.63, 3.8) is 0 Å². The number of allylic oxidation sites excluding steroid dienone is 1. The SMILES string of the molecule is CCOC(=O)C(C/C=C\COC(C)=O)(C(=O)OCC)c1ccc(C)cc1I. The molecule has 0 spiro atoms. The van der Waals surface area contributed by atoms with Gasteiger partial charge < -0.3 is 14.2 Å². The molecule has 7 heteroatoms. The molecule has 1 rings (SSSR count). The molecular weight excluding hydrogens is 463 g/mol. The van der Waals surface area contributed by atoms with E-state index in [-0.39, 0.29) is 26.2 Å². The van der Waals surface area contributed by atoms with Gasteiger partial charge in [-0.25, -0.2) is 0 Å². The zero-order valence-electron chi connectivity index (χ0n) is 16.0. The van der Waals surface area contributed by atoms with Crippen molar-refractivity contribution in [2.24, 2.45) is 0 Å². The summed E-state index contributed by atoms with van der Waals surface area (Å²) in [6, 6.07) is 5.49. The van der Waals surface area contributed by atoms with Gasteiger partial charge in [-0.2, -0.15) is 0 Å². The van der Waals surface area contributed by atoms with Gasteiger partial charge in [0.05, 0.1) is 13.2 Å². The number of esters is 3. The van der Waals surface area contributed by atoms with E-state index in [0.29, 0.717) is 5.56 Å². The van der Waals surface area contributed by atoms with E-state index >= 15 is 0 Å². The molecule has 148 valence electrons. The molecule has 0 unspecified atom stereocenters. The smallest absolute Gasteiger partial charge is 0.328 e. The van der Waals surface area contributed by atoms with Crippen molar-refractivity contribution in [3.05, 3.63) is 45.0 Å². The lowest BCUT2D eigenvalue weighted by Gasteiger charge is -2.29. The van der Waals surface area contributed by atoms with Crippen LogP contribution >= 0.6 is 22.6 Å². The first-order valence-corrected chi connectivity index (χ1v) is 9.76. The second kappa shape index (κ2) is 11.1. The summed E-state index contributed by atoms with van der Waals surface area (Å²) in [5.74, 6) is -1.74. The predicted molar refractivity (Wildman–Crippen MR) is 109 cm³/mol. The van der Waals surface area contributed by atoms with Gasteiger partial charge in [0.15, 0.2) is 5.41 Å². The van der Waals surface area contributed by atoms with Crippen LogP contribution in [-0.2, 0) is 34.0 Å². The molecule has 6 nitrogen and oxygen atoms in total. The van der Waals surface area contributed by atoms with Crippen LogP contribution in [0.5, 0.6) is 0 Å². The van der Waals surface area contributed by atoms with Gasteiger partial charge in [-0.3, -0.25) is 14.4 Å². The topological polar surface area (TPSA) is 78.9 Å². The zero-order chi connectivity index (χ0) is 20.4. The van der Waals surface area contributed by atoms with Crippen LogP contribution in [0.1, 0.15) is 38.3 Å². The molecule has 0 atom stereocenters. The van der Waals surface area contributed by atoms with Crippen LogP contribution in [0.4, 0.5) is 0 Å². The molecule has 0 aliphatic heterocycles. The highest BCUT2D eigenvalue weighted by atomic mass is 127. The summed E-state index contributed by atoms with van der Waals surface area (Å²) < 4.78 is 16.1. The maximum absolute atomic E-state index is 12.9. The van der Waals surface area contributed by atoms with Crippen LogP contribution in [0.3, 0.4) is 0 Å². The Balaban J connectivity index is 3.41. The van der Waals surface area contributed by atoms with E-state index < -0.39 is 23.3 Å². The molecular formula is C20H25IO6. The molecule has 0 aromatic heterocycles. The zero-order valence-corrected chi connectivity index (χ0v) is 18.2. The number of carbonyl (C=O) groups is 3. The number of aryl methyl sites for hydroxylation is 1. The number of benzene rings is 1. The molecule has 0 fully saturated rings. The lowest BCUT2D eigenvalue weighted by atomic mass is 9.77. The van der Waals surface area contributed by atoms with Crippen LogP contribution in [0.2, 0.25) is 0 Å². The predicted octanol–water partition coefficient (Wildman–Crippen LogP) is 3.47. The normalized spacial score (nSPS) is 11.3. The van der Waals surface area contributed by atoms with Crippen LogP contribution in [0.25, 0.3) is 0 Å². The maximum Gasteiger partial charge on any atom is 0.328 e. The van der Waals surface area contributed by atoms with Crippen LogP contribution in [-0.4, -0.2) is 37.7 Å². The van der Waals surface area contributed by atoms with E-state index in [1.54, 1.807) is 32.1 Å². The third-order valence-electron chi connectivity index (χ3n) is 3.81. The Kier molecular flexibility index (Phi) is 9.48. The van der Waals surface area contributed by atoms with Gasteiger partial charge in [0.2, 0.25) is 0 Å². The van der Waals surface area contributed by atoms with Crippen LogP contribution in [0.15, 0.2) is 30.4 Å². The molecule has 27 heavy (non-hydrogen) atoms. The third-order valence-corrected chi connectivity index (χ3v) is 4.70. The van der Waals surface area contributed by atoms with E-state index in [4.69, 9.17) is 14.2 Å². The van der Waals surface area contributed by atoms with Gasteiger partial charge in [0, 0.05) is 10.5 Å². The molecule has 1 aromatic rings. The van der Waals surface area contributed by atoms with Crippen molar-refractivity contribution in [2.45, 2.75) is 39.5 Å². The minimum absolute atomic E-state index is 0.0327. The molecule has 0 aliphatic carbocycles. The number of hydrogen-bond acceptors (Lipinski definition) is 6. The van der Waals surface area contributed by atoms with Crippen molar-refractivity contribution >= 4 is 40.5 Å². The first-order valence-electron chi connectivity index (χ1n) is 8.69. The number of carbonyl (C=O) groups excluding carboxylic acids is 3. The van der Waals surface area contributed by atoms with Crippen molar-refractivity contribution < 1.29 is 28.6 Å². The molecule has 0 aliphatic rings. The Morgan fingerprint density at radius 3 is 2.11 bits per heavy atom.